The van der Waals surface area contributed by atoms with Crippen molar-refractivity contribution in [3.05, 3.63) is 79.0 Å². The van der Waals surface area contributed by atoms with Crippen LogP contribution in [0.25, 0.3) is 11.3 Å². The molecule has 0 radical (unpaired) electrons. The van der Waals surface area contributed by atoms with E-state index in [9.17, 15) is 9.90 Å². The molecule has 0 aliphatic carbocycles. The van der Waals surface area contributed by atoms with Gasteiger partial charge in [0.1, 0.15) is 5.71 Å². The van der Waals surface area contributed by atoms with Gasteiger partial charge in [0, 0.05) is 17.4 Å². The van der Waals surface area contributed by atoms with E-state index >= 15 is 0 Å². The fourth-order valence-corrected chi connectivity index (χ4v) is 2.80. The van der Waals surface area contributed by atoms with E-state index in [2.05, 4.69) is 15.5 Å². The molecule has 7 heteroatoms. The standard InChI is InChI=1S/C18H15N3O2S.C2H6.CH3.Rb/c22-17(23)15(11-13-7-3-1-4-8-13)20-21-18-19-16(12-24-18)14-9-5-2-6-10-14;1-2;;/h1-10,12H,11H2,(H,19,21)(H,22,23);1-2H3;1H3;/q;;-1;+1/b20-15+;;;. The maximum absolute atomic E-state index is 11.4. The van der Waals surface area contributed by atoms with Crippen molar-refractivity contribution in [1.82, 2.24) is 4.98 Å². The number of nitrogens with one attached hydrogen (secondary N) is 1. The van der Waals surface area contributed by atoms with Crippen molar-refractivity contribution in [3.8, 4) is 11.3 Å². The van der Waals surface area contributed by atoms with Crippen LogP contribution in [-0.2, 0) is 11.2 Å². The number of carboxylic acid groups (broad SMARTS) is 1. The third-order valence-corrected chi connectivity index (χ3v) is 4.07. The van der Waals surface area contributed by atoms with E-state index < -0.39 is 5.97 Å². The molecule has 28 heavy (non-hydrogen) atoms. The molecular weight excluding hydrogens is 444 g/mol. The van der Waals surface area contributed by atoms with Gasteiger partial charge in [-0.3, -0.25) is 5.43 Å². The largest absolute Gasteiger partial charge is 1.00 e. The number of nitrogens with zero attached hydrogens (tertiary/aromatic N) is 2. The van der Waals surface area contributed by atoms with E-state index in [-0.39, 0.29) is 77.7 Å². The minimum absolute atomic E-state index is 0. The van der Waals surface area contributed by atoms with Crippen LogP contribution < -0.4 is 63.6 Å². The van der Waals surface area contributed by atoms with E-state index in [1.165, 1.54) is 11.3 Å². The molecule has 0 bridgehead atoms. The molecule has 2 N–H and O–H groups in total. The number of hydrogen-bond donors (Lipinski definition) is 2. The van der Waals surface area contributed by atoms with Crippen molar-refractivity contribution in [2.24, 2.45) is 5.10 Å². The zero-order valence-corrected chi connectivity index (χ0v) is 22.4. The monoisotopic (exact) mass is 467 g/mol. The molecule has 0 amide bonds. The molecule has 0 aliphatic rings. The summed E-state index contributed by atoms with van der Waals surface area (Å²) in [4.78, 5) is 15.8. The summed E-state index contributed by atoms with van der Waals surface area (Å²) in [6.07, 6.45) is 0.250. The van der Waals surface area contributed by atoms with Crippen LogP contribution in [0.4, 0.5) is 5.13 Å². The van der Waals surface area contributed by atoms with Crippen LogP contribution in [0.1, 0.15) is 19.4 Å². The molecule has 0 spiro atoms. The zero-order valence-electron chi connectivity index (χ0n) is 16.7. The number of anilines is 1. The number of aliphatic carboxylic acids is 1. The van der Waals surface area contributed by atoms with Crippen molar-refractivity contribution in [1.29, 1.82) is 0 Å². The van der Waals surface area contributed by atoms with Crippen LogP contribution >= 0.6 is 11.3 Å². The molecule has 0 unspecified atom stereocenters. The van der Waals surface area contributed by atoms with E-state index in [1.54, 1.807) is 0 Å². The summed E-state index contributed by atoms with van der Waals surface area (Å²) < 4.78 is 0. The summed E-state index contributed by atoms with van der Waals surface area (Å²) >= 11 is 1.38. The van der Waals surface area contributed by atoms with Gasteiger partial charge in [-0.1, -0.05) is 74.5 Å². The van der Waals surface area contributed by atoms with Crippen LogP contribution in [0, 0.1) is 7.43 Å². The summed E-state index contributed by atoms with van der Waals surface area (Å²) in [5.74, 6) is -1.05. The number of carboxylic acids is 1. The molecule has 3 rings (SSSR count). The molecule has 1 aromatic heterocycles. The van der Waals surface area contributed by atoms with Crippen molar-refractivity contribution in [2.75, 3.05) is 5.43 Å². The van der Waals surface area contributed by atoms with Gasteiger partial charge in [0.05, 0.1) is 5.69 Å². The van der Waals surface area contributed by atoms with Crippen LogP contribution in [-0.4, -0.2) is 21.8 Å². The van der Waals surface area contributed by atoms with Gasteiger partial charge in [0.15, 0.2) is 0 Å². The summed E-state index contributed by atoms with van der Waals surface area (Å²) in [6, 6.07) is 19.2. The molecule has 0 fully saturated rings. The van der Waals surface area contributed by atoms with Gasteiger partial charge in [-0.25, -0.2) is 9.78 Å². The van der Waals surface area contributed by atoms with E-state index in [1.807, 2.05) is 79.9 Å². The molecule has 0 atom stereocenters. The predicted octanol–water partition coefficient (Wildman–Crippen LogP) is 2.39. The minimum atomic E-state index is -1.05. The van der Waals surface area contributed by atoms with E-state index in [0.717, 1.165) is 16.8 Å². The summed E-state index contributed by atoms with van der Waals surface area (Å²) in [5, 5.41) is 15.8. The Bertz CT molecular complexity index is 852. The van der Waals surface area contributed by atoms with Crippen LogP contribution in [0.3, 0.4) is 0 Å². The molecule has 0 saturated carbocycles. The SMILES string of the molecule is CC.O=C(O)/C(Cc1ccccc1)=N/Nc1nc(-c2ccccc2)cs1.[CH3-].[Rb+]. The average Bonchev–Trinajstić information content (AvgIpc) is 3.17. The number of hydrazone groups is 1. The maximum atomic E-state index is 11.4. The average molecular weight is 468 g/mol. The van der Waals surface area contributed by atoms with Crippen LogP contribution in [0.15, 0.2) is 71.1 Å². The molecule has 0 saturated heterocycles. The Morgan fingerprint density at radius 1 is 1.07 bits per heavy atom. The molecule has 0 aliphatic heterocycles. The Morgan fingerprint density at radius 2 is 1.64 bits per heavy atom. The van der Waals surface area contributed by atoms with Gasteiger partial charge in [-0.05, 0) is 5.56 Å². The van der Waals surface area contributed by atoms with Gasteiger partial charge >= 0.3 is 64.2 Å². The number of thiazole rings is 1. The van der Waals surface area contributed by atoms with Gasteiger partial charge < -0.3 is 12.5 Å². The predicted molar refractivity (Wildman–Crippen MR) is 114 cm³/mol. The molecule has 5 nitrogen and oxygen atoms in total. The fourth-order valence-electron chi connectivity index (χ4n) is 2.13. The van der Waals surface area contributed by atoms with Gasteiger partial charge in [0.2, 0.25) is 5.13 Å². The van der Waals surface area contributed by atoms with E-state index in [4.69, 9.17) is 0 Å². The summed E-state index contributed by atoms with van der Waals surface area (Å²) in [6.45, 7) is 4.00. The number of aromatic nitrogens is 1. The van der Waals surface area contributed by atoms with Gasteiger partial charge in [-0.2, -0.15) is 5.10 Å². The Morgan fingerprint density at radius 3 is 2.21 bits per heavy atom. The molecule has 142 valence electrons. The van der Waals surface area contributed by atoms with Crippen molar-refractivity contribution < 1.29 is 68.1 Å². The maximum Gasteiger partial charge on any atom is 1.00 e. The molecule has 1 heterocycles. The second kappa shape index (κ2) is 14.8. The number of hydrogen-bond acceptors (Lipinski definition) is 5. The molecular formula is C21H24N3O2RbS. The first kappa shape index (κ1) is 26.8. The summed E-state index contributed by atoms with van der Waals surface area (Å²) in [7, 11) is 0. The van der Waals surface area contributed by atoms with Crippen molar-refractivity contribution in [3.63, 3.8) is 0 Å². The quantitative estimate of drug-likeness (QED) is 0.331. The third-order valence-electron chi connectivity index (χ3n) is 3.32. The van der Waals surface area contributed by atoms with Crippen molar-refractivity contribution in [2.45, 2.75) is 20.3 Å². The number of rotatable bonds is 6. The van der Waals surface area contributed by atoms with E-state index in [0.29, 0.717) is 5.13 Å². The second-order valence-corrected chi connectivity index (χ2v) is 5.90. The van der Waals surface area contributed by atoms with Crippen molar-refractivity contribution >= 4 is 28.1 Å². The first-order chi connectivity index (χ1) is 12.7. The number of benzene rings is 2. The van der Waals surface area contributed by atoms with Crippen LogP contribution in [0.5, 0.6) is 0 Å². The first-order valence-corrected chi connectivity index (χ1v) is 9.21. The zero-order chi connectivity index (χ0) is 18.8. The first-order valence-electron chi connectivity index (χ1n) is 8.33. The topological polar surface area (TPSA) is 74.6 Å². The molecule has 3 aromatic rings. The minimum Gasteiger partial charge on any atom is -0.477 e. The Balaban J connectivity index is 0.00000177. The van der Waals surface area contributed by atoms with Crippen LogP contribution in [0.2, 0.25) is 0 Å². The van der Waals surface area contributed by atoms with Gasteiger partial charge in [0.25, 0.3) is 0 Å². The Hall–Kier alpha value is -1.18. The fraction of sp³-hybridized carbons (Fsp3) is 0.143. The van der Waals surface area contributed by atoms with Gasteiger partial charge in [-0.15, -0.1) is 11.3 Å². The summed E-state index contributed by atoms with van der Waals surface area (Å²) in [5.41, 5.74) is 5.52. The number of carbonyl (C=O) groups is 1. The Labute approximate surface area is 219 Å². The normalized spacial score (nSPS) is 9.86. The second-order valence-electron chi connectivity index (χ2n) is 5.04. The smallest absolute Gasteiger partial charge is 0.477 e. The third kappa shape index (κ3) is 8.45. The Kier molecular flexibility index (Phi) is 14.1. The molecule has 2 aromatic carbocycles.